The smallest absolute Gasteiger partial charge is 0.171 e. The quantitative estimate of drug-likeness (QED) is 0.462. The van der Waals surface area contributed by atoms with Crippen LogP contribution in [0.15, 0.2) is 0 Å². The predicted molar refractivity (Wildman–Crippen MR) is 31.1 cm³/mol. The fraction of sp³-hybridized carbons (Fsp3) is 0.714. The Bertz CT molecular complexity index is 163. The van der Waals surface area contributed by atoms with E-state index >= 15 is 0 Å². The molecule has 0 unspecified atom stereocenters. The molecule has 0 aromatic rings. The van der Waals surface area contributed by atoms with Gasteiger partial charge >= 0.3 is 6.18 Å². The molecule has 0 amide bonds. The fourth-order valence-corrected chi connectivity index (χ4v) is 1.09. The van der Waals surface area contributed by atoms with Crippen LogP contribution < -0.4 is 0 Å². The van der Waals surface area contributed by atoms with Crippen LogP contribution in [0.25, 0.3) is 0 Å². The average molecular weight is 148 g/mol. The molecule has 1 saturated carbocycles. The lowest BCUT2D eigenvalue weighted by Gasteiger charge is -2.34. The van der Waals surface area contributed by atoms with Crippen molar-refractivity contribution >= 4 is 0 Å². The molecule has 1 rings (SSSR count). The minimum absolute atomic E-state index is 0.207. The maximum atomic E-state index is 11.8. The summed E-state index contributed by atoms with van der Waals surface area (Å²) in [6.45, 7) is 0. The minimum Gasteiger partial charge on any atom is -0.171 e. The summed E-state index contributed by atoms with van der Waals surface area (Å²) in [6.07, 6.45) is 1.53. The molecule has 0 aromatic heterocycles. The third kappa shape index (κ3) is 1.11. The molecule has 56 valence electrons. The molecule has 0 aromatic carbocycles. The van der Waals surface area contributed by atoms with Gasteiger partial charge in [0, 0.05) is 5.92 Å². The Morgan fingerprint density at radius 3 is 2.00 bits per heavy atom. The topological polar surface area (TPSA) is 0 Å². The van der Waals surface area contributed by atoms with E-state index < -0.39 is 18.0 Å². The Morgan fingerprint density at radius 2 is 1.90 bits per heavy atom. The molecule has 0 spiro atoms. The molecule has 3 heteroatoms. The summed E-state index contributed by atoms with van der Waals surface area (Å²) in [4.78, 5) is 0. The van der Waals surface area contributed by atoms with Crippen molar-refractivity contribution in [3.8, 4) is 12.3 Å². The van der Waals surface area contributed by atoms with E-state index in [4.69, 9.17) is 6.42 Å². The second kappa shape index (κ2) is 2.19. The maximum absolute atomic E-state index is 11.8. The minimum atomic E-state index is -4.07. The first-order chi connectivity index (χ1) is 4.55. The van der Waals surface area contributed by atoms with Crippen molar-refractivity contribution < 1.29 is 13.2 Å². The normalized spacial score (nSPS) is 32.6. The van der Waals surface area contributed by atoms with E-state index in [1.807, 2.05) is 0 Å². The predicted octanol–water partition coefficient (Wildman–Crippen LogP) is 2.21. The first-order valence-corrected chi connectivity index (χ1v) is 3.08. The summed E-state index contributed by atoms with van der Waals surface area (Å²) < 4.78 is 35.5. The molecule has 0 saturated heterocycles. The summed E-state index contributed by atoms with van der Waals surface area (Å²) in [5.41, 5.74) is 0. The van der Waals surface area contributed by atoms with Crippen molar-refractivity contribution in [3.05, 3.63) is 0 Å². The van der Waals surface area contributed by atoms with Gasteiger partial charge in [0.1, 0.15) is 0 Å². The summed E-state index contributed by atoms with van der Waals surface area (Å²) in [5.74, 6) is 0.358. The highest BCUT2D eigenvalue weighted by atomic mass is 19.4. The van der Waals surface area contributed by atoms with Gasteiger partial charge in [-0.2, -0.15) is 13.2 Å². The van der Waals surface area contributed by atoms with Crippen LogP contribution in [0, 0.1) is 24.2 Å². The molecule has 0 aliphatic heterocycles. The average Bonchev–Trinajstić information content (AvgIpc) is 1.57. The highest BCUT2D eigenvalue weighted by molar-refractivity contribution is 5.03. The lowest BCUT2D eigenvalue weighted by atomic mass is 9.74. The number of rotatable bonds is 0. The maximum Gasteiger partial charge on any atom is 0.392 e. The zero-order valence-corrected chi connectivity index (χ0v) is 5.28. The SMILES string of the molecule is C#C[C@@H]1CC[C@H]1C(F)(F)F. The number of hydrogen-bond acceptors (Lipinski definition) is 0. The Kier molecular flexibility index (Phi) is 1.63. The van der Waals surface area contributed by atoms with Crippen molar-refractivity contribution in [1.82, 2.24) is 0 Å². The largest absolute Gasteiger partial charge is 0.392 e. The molecule has 1 aliphatic carbocycles. The van der Waals surface area contributed by atoms with Crippen LogP contribution in [0.2, 0.25) is 0 Å². The van der Waals surface area contributed by atoms with Crippen LogP contribution >= 0.6 is 0 Å². The zero-order chi connectivity index (χ0) is 7.78. The zero-order valence-electron chi connectivity index (χ0n) is 5.28. The van der Waals surface area contributed by atoms with Crippen LogP contribution in [0.4, 0.5) is 13.2 Å². The summed E-state index contributed by atoms with van der Waals surface area (Å²) in [7, 11) is 0. The van der Waals surface area contributed by atoms with Gasteiger partial charge in [-0.3, -0.25) is 0 Å². The van der Waals surface area contributed by atoms with Crippen molar-refractivity contribution in [3.63, 3.8) is 0 Å². The number of alkyl halides is 3. The fourth-order valence-electron chi connectivity index (χ4n) is 1.09. The van der Waals surface area contributed by atoms with E-state index in [-0.39, 0.29) is 6.42 Å². The monoisotopic (exact) mass is 148 g/mol. The van der Waals surface area contributed by atoms with E-state index in [9.17, 15) is 13.2 Å². The van der Waals surface area contributed by atoms with Crippen LogP contribution in [-0.4, -0.2) is 6.18 Å². The molecule has 1 aliphatic rings. The molecule has 1 fully saturated rings. The van der Waals surface area contributed by atoms with E-state index in [0.717, 1.165) is 0 Å². The Hall–Kier alpha value is -0.650. The lowest BCUT2D eigenvalue weighted by molar-refractivity contribution is -0.204. The molecule has 0 bridgehead atoms. The van der Waals surface area contributed by atoms with E-state index in [0.29, 0.717) is 6.42 Å². The Morgan fingerprint density at radius 1 is 1.30 bits per heavy atom. The van der Waals surface area contributed by atoms with Crippen LogP contribution in [0.5, 0.6) is 0 Å². The molecule has 0 radical (unpaired) electrons. The Balaban J connectivity index is 2.53. The van der Waals surface area contributed by atoms with Gasteiger partial charge < -0.3 is 0 Å². The molecule has 0 nitrogen and oxygen atoms in total. The number of hydrogen-bond donors (Lipinski definition) is 0. The molecular formula is C7H7F3. The van der Waals surface area contributed by atoms with Gasteiger partial charge in [0.25, 0.3) is 0 Å². The van der Waals surface area contributed by atoms with Gasteiger partial charge in [-0.05, 0) is 12.8 Å². The Labute approximate surface area is 57.4 Å². The summed E-state index contributed by atoms with van der Waals surface area (Å²) in [5, 5.41) is 0. The summed E-state index contributed by atoms with van der Waals surface area (Å²) in [6, 6.07) is 0. The molecule has 0 heterocycles. The third-order valence-electron chi connectivity index (χ3n) is 1.91. The molecule has 2 atom stereocenters. The van der Waals surface area contributed by atoms with Crippen LogP contribution in [0.3, 0.4) is 0 Å². The summed E-state index contributed by atoms with van der Waals surface area (Å²) >= 11 is 0. The number of halogens is 3. The molecule has 0 N–H and O–H groups in total. The van der Waals surface area contributed by atoms with Crippen LogP contribution in [-0.2, 0) is 0 Å². The standard InChI is InChI=1S/C7H7F3/c1-2-5-3-4-6(5)7(8,9)10/h1,5-6H,3-4H2/t5-,6-/m1/s1. The second-order valence-corrected chi connectivity index (χ2v) is 2.50. The van der Waals surface area contributed by atoms with Gasteiger partial charge in [0.2, 0.25) is 0 Å². The van der Waals surface area contributed by atoms with Gasteiger partial charge in [0.05, 0.1) is 5.92 Å². The second-order valence-electron chi connectivity index (χ2n) is 2.50. The van der Waals surface area contributed by atoms with Crippen molar-refractivity contribution in [2.24, 2.45) is 11.8 Å². The first-order valence-electron chi connectivity index (χ1n) is 3.08. The highest BCUT2D eigenvalue weighted by Crippen LogP contribution is 2.44. The van der Waals surface area contributed by atoms with Crippen molar-refractivity contribution in [2.75, 3.05) is 0 Å². The van der Waals surface area contributed by atoms with Gasteiger partial charge in [-0.15, -0.1) is 12.3 Å². The lowest BCUT2D eigenvalue weighted by Crippen LogP contribution is -2.37. The van der Waals surface area contributed by atoms with E-state index in [1.165, 1.54) is 0 Å². The third-order valence-corrected chi connectivity index (χ3v) is 1.91. The van der Waals surface area contributed by atoms with Gasteiger partial charge in [-0.25, -0.2) is 0 Å². The van der Waals surface area contributed by atoms with Crippen LogP contribution in [0.1, 0.15) is 12.8 Å². The van der Waals surface area contributed by atoms with Gasteiger partial charge in [-0.1, -0.05) is 0 Å². The van der Waals surface area contributed by atoms with Gasteiger partial charge in [0.15, 0.2) is 0 Å². The number of terminal acetylenes is 1. The molecule has 10 heavy (non-hydrogen) atoms. The highest BCUT2D eigenvalue weighted by Gasteiger charge is 2.49. The molecular weight excluding hydrogens is 141 g/mol. The van der Waals surface area contributed by atoms with E-state index in [2.05, 4.69) is 5.92 Å². The van der Waals surface area contributed by atoms with E-state index in [1.54, 1.807) is 0 Å². The first kappa shape index (κ1) is 7.46. The van der Waals surface area contributed by atoms with Crippen molar-refractivity contribution in [1.29, 1.82) is 0 Å². The van der Waals surface area contributed by atoms with Crippen molar-refractivity contribution in [2.45, 2.75) is 19.0 Å².